The van der Waals surface area contributed by atoms with E-state index in [1.54, 1.807) is 6.92 Å². The van der Waals surface area contributed by atoms with Gasteiger partial charge in [-0.3, -0.25) is 4.79 Å². The number of hydrogen-bond acceptors (Lipinski definition) is 7. The maximum Gasteiger partial charge on any atom is 5.00 e. The molecule has 1 atom stereocenters. The van der Waals surface area contributed by atoms with Crippen molar-refractivity contribution in [2.24, 2.45) is 5.92 Å². The second-order valence-corrected chi connectivity index (χ2v) is 7.57. The average molecular weight is 540 g/mol. The van der Waals surface area contributed by atoms with E-state index in [4.69, 9.17) is 0 Å². The Balaban J connectivity index is 0. The van der Waals surface area contributed by atoms with Crippen LogP contribution in [0.5, 0.6) is 0 Å². The monoisotopic (exact) mass is 538 g/mol. The summed E-state index contributed by atoms with van der Waals surface area (Å²) >= 11 is 0. The smallest absolute Gasteiger partial charge is 2.00 e. The van der Waals surface area contributed by atoms with Gasteiger partial charge in [-0.2, -0.15) is 0 Å². The van der Waals surface area contributed by atoms with Crippen LogP contribution >= 0.6 is 0 Å². The molecule has 2 rings (SSSR count). The zero-order valence-corrected chi connectivity index (χ0v) is 20.5. The van der Waals surface area contributed by atoms with Crippen LogP contribution in [-0.2, 0) is 42.4 Å². The van der Waals surface area contributed by atoms with Crippen LogP contribution in [0.4, 0.5) is 5.82 Å². The number of hydrogen-bond donors (Lipinski definition) is 4. The first kappa shape index (κ1) is 32.7. The predicted molar refractivity (Wildman–Crippen MR) is 113 cm³/mol. The number of nitrogens with zero attached hydrogens (tertiary/aromatic N) is 3. The van der Waals surface area contributed by atoms with E-state index >= 15 is 0 Å². The largest absolute Gasteiger partial charge is 5.00 e. The van der Waals surface area contributed by atoms with Gasteiger partial charge in [0.25, 0.3) is 0 Å². The summed E-state index contributed by atoms with van der Waals surface area (Å²) in [5.41, 5.74) is 0. The molecule has 0 saturated carbocycles. The van der Waals surface area contributed by atoms with Gasteiger partial charge in [0.05, 0.1) is 0 Å². The van der Waals surface area contributed by atoms with E-state index in [1.807, 2.05) is 4.57 Å². The fraction of sp³-hybridized carbons (Fsp3) is 0.789. The molecule has 1 aromatic rings. The summed E-state index contributed by atoms with van der Waals surface area (Å²) in [6.45, 7) is 8.40. The van der Waals surface area contributed by atoms with Gasteiger partial charge < -0.3 is 46.9 Å². The molecular weight excluding hydrogens is 504 g/mol. The first-order valence-corrected chi connectivity index (χ1v) is 10.6. The number of aryl methyl sites for hydroxylation is 2. The van der Waals surface area contributed by atoms with Gasteiger partial charge in [-0.15, -0.1) is 0 Å². The third-order valence-electron chi connectivity index (χ3n) is 5.16. The topological polar surface area (TPSA) is 183 Å². The van der Waals surface area contributed by atoms with Gasteiger partial charge in [-0.25, -0.2) is 0 Å². The van der Waals surface area contributed by atoms with E-state index in [2.05, 4.69) is 26.3 Å². The summed E-state index contributed by atoms with van der Waals surface area (Å²) in [7, 11) is 0. The SMILES string of the molecule is Cc1nc([N+](=O)[O-])cn1CCCCCC1CNCCNCCC(=O)NCCNC1.[O-2].[O-2].[Tc+5]. The van der Waals surface area contributed by atoms with E-state index in [0.29, 0.717) is 31.3 Å². The van der Waals surface area contributed by atoms with Crippen molar-refractivity contribution >= 4 is 11.7 Å². The van der Waals surface area contributed by atoms with E-state index in [-0.39, 0.29) is 42.8 Å². The van der Waals surface area contributed by atoms with Crippen LogP contribution in [0.2, 0.25) is 0 Å². The Morgan fingerprint density at radius 2 is 1.72 bits per heavy atom. The summed E-state index contributed by atoms with van der Waals surface area (Å²) in [4.78, 5) is 26.0. The minimum Gasteiger partial charge on any atom is -2.00 e. The maximum atomic E-state index is 11.6. The molecule has 1 saturated heterocycles. The molecule has 0 spiro atoms. The molecule has 0 bridgehead atoms. The van der Waals surface area contributed by atoms with Gasteiger partial charge in [-0.1, -0.05) is 12.8 Å². The molecule has 0 radical (unpaired) electrons. The van der Waals surface area contributed by atoms with Gasteiger partial charge in [0, 0.05) is 52.6 Å². The third kappa shape index (κ3) is 13.2. The molecule has 182 valence electrons. The summed E-state index contributed by atoms with van der Waals surface area (Å²) in [5, 5.41) is 24.0. The Morgan fingerprint density at radius 1 is 1.06 bits per heavy atom. The van der Waals surface area contributed by atoms with Crippen LogP contribution < -0.4 is 21.3 Å². The summed E-state index contributed by atoms with van der Waals surface area (Å²) in [6, 6.07) is 0. The number of carbonyl (C=O) groups is 1. The van der Waals surface area contributed by atoms with E-state index in [9.17, 15) is 14.9 Å². The van der Waals surface area contributed by atoms with E-state index in [0.717, 1.165) is 65.0 Å². The molecule has 1 aliphatic heterocycles. The fourth-order valence-corrected chi connectivity index (χ4v) is 3.47. The third-order valence-corrected chi connectivity index (χ3v) is 5.16. The van der Waals surface area contributed by atoms with Crippen molar-refractivity contribution in [3.63, 3.8) is 0 Å². The molecule has 13 heteroatoms. The molecule has 1 aliphatic rings. The fourth-order valence-electron chi connectivity index (χ4n) is 3.47. The summed E-state index contributed by atoms with van der Waals surface area (Å²) in [5.74, 6) is 1.26. The standard InChI is InChI=1S/C19H35N7O3.2O.Tc/c1-16-24-18(26(28)29)15-25(16)12-4-2-3-5-17-13-21-9-8-20-7-6-19(27)23-11-10-22-14-17;;;/h15,17,20-22H,2-14H2,1H3,(H,23,27);;;/q;2*-2;+5. The van der Waals surface area contributed by atoms with Crippen LogP contribution in [0.15, 0.2) is 6.20 Å². The molecule has 1 unspecified atom stereocenters. The average Bonchev–Trinajstić information content (AvgIpc) is 3.06. The first-order valence-electron chi connectivity index (χ1n) is 10.6. The number of unbranched alkanes of at least 4 members (excludes halogenated alkanes) is 2. The molecule has 1 aromatic heterocycles. The van der Waals surface area contributed by atoms with Gasteiger partial charge in [0.1, 0.15) is 6.20 Å². The van der Waals surface area contributed by atoms with Crippen molar-refractivity contribution in [1.82, 2.24) is 30.8 Å². The Kier molecular flexibility index (Phi) is 19.5. The maximum absolute atomic E-state index is 11.6. The van der Waals surface area contributed by atoms with Crippen LogP contribution in [0.1, 0.15) is 37.9 Å². The minimum absolute atomic E-state index is 0. The zero-order chi connectivity index (χ0) is 20.9. The van der Waals surface area contributed by atoms with Gasteiger partial charge in [0.2, 0.25) is 11.7 Å². The van der Waals surface area contributed by atoms with Crippen LogP contribution in [-0.4, -0.2) is 66.2 Å². The molecule has 32 heavy (non-hydrogen) atoms. The molecule has 1 amide bonds. The number of nitro groups is 1. The van der Waals surface area contributed by atoms with Crippen LogP contribution in [0.25, 0.3) is 0 Å². The molecule has 4 N–H and O–H groups in total. The van der Waals surface area contributed by atoms with Crippen molar-refractivity contribution in [3.05, 3.63) is 22.1 Å². The Labute approximate surface area is 202 Å². The summed E-state index contributed by atoms with van der Waals surface area (Å²) in [6.07, 6.45) is 6.36. The Morgan fingerprint density at radius 3 is 2.38 bits per heavy atom. The predicted octanol–water partition coefficient (Wildman–Crippen LogP) is 0.325. The molecule has 0 aliphatic carbocycles. The molecule has 2 heterocycles. The van der Waals surface area contributed by atoms with Crippen molar-refractivity contribution in [3.8, 4) is 0 Å². The normalized spacial score (nSPS) is 18.2. The zero-order valence-electron chi connectivity index (χ0n) is 18.6. The molecular formula is C19H35N7O5Tc+. The second-order valence-electron chi connectivity index (χ2n) is 7.57. The number of imidazole rings is 1. The second kappa shape index (κ2) is 19.0. The Bertz CT molecular complexity index is 648. The van der Waals surface area contributed by atoms with E-state index < -0.39 is 4.92 Å². The quantitative estimate of drug-likeness (QED) is 0.219. The van der Waals surface area contributed by atoms with Gasteiger partial charge in [-0.05, 0) is 41.8 Å². The van der Waals surface area contributed by atoms with Crippen molar-refractivity contribution in [2.75, 3.05) is 45.8 Å². The van der Waals surface area contributed by atoms with Crippen molar-refractivity contribution in [1.29, 1.82) is 0 Å². The van der Waals surface area contributed by atoms with Crippen molar-refractivity contribution < 1.29 is 40.8 Å². The number of rotatable bonds is 7. The van der Waals surface area contributed by atoms with E-state index in [1.165, 1.54) is 6.20 Å². The molecule has 12 nitrogen and oxygen atoms in total. The molecule has 0 aromatic carbocycles. The molecule has 1 fully saturated rings. The van der Waals surface area contributed by atoms with Crippen LogP contribution in [0, 0.1) is 23.0 Å². The number of nitrogens with one attached hydrogen (secondary N) is 4. The first-order chi connectivity index (χ1) is 14.1. The van der Waals surface area contributed by atoms with Crippen molar-refractivity contribution in [2.45, 2.75) is 45.6 Å². The van der Waals surface area contributed by atoms with Crippen LogP contribution in [0.3, 0.4) is 0 Å². The minimum atomic E-state index is -0.447. The van der Waals surface area contributed by atoms with Gasteiger partial charge in [0.15, 0.2) is 0 Å². The number of aromatic nitrogens is 2. The van der Waals surface area contributed by atoms with Gasteiger partial charge >= 0.3 is 25.9 Å². The number of amides is 1. The Hall–Kier alpha value is -1.47. The number of carbonyl (C=O) groups excluding carboxylic acids is 1. The summed E-state index contributed by atoms with van der Waals surface area (Å²) < 4.78 is 1.87.